The van der Waals surface area contributed by atoms with E-state index >= 15 is 0 Å². The Kier molecular flexibility index (Phi) is 9.36. The number of nitrogens with one attached hydrogen (secondary N) is 2. The number of hydrogen-bond acceptors (Lipinski definition) is 8. The number of carbonyl (C=O) groups is 1. The van der Waals surface area contributed by atoms with Gasteiger partial charge in [-0.1, -0.05) is 12.1 Å². The normalized spacial score (nSPS) is 17.1. The first-order valence-corrected chi connectivity index (χ1v) is 14.0. The van der Waals surface area contributed by atoms with Crippen molar-refractivity contribution in [1.82, 2.24) is 10.4 Å². The number of fused-ring (bicyclic) bond motifs is 1. The number of nitrogens with zero attached hydrogens (tertiary/aromatic N) is 3. The Bertz CT molecular complexity index is 1530. The SMILES string of the molecule is C/C=C\C(=N/C1=CCN(S(=O)(=O)c2ccc(OC(F)(F)F)cc2)c2c(cccc2C(=O)NN2CCOCC2)N1)C(F)(F)F. The molecule has 0 bridgehead atoms. The monoisotopic (exact) mass is 633 g/mol. The van der Waals surface area contributed by atoms with Gasteiger partial charge < -0.3 is 14.8 Å². The molecule has 1 amide bonds. The van der Waals surface area contributed by atoms with Crippen LogP contribution in [0.25, 0.3) is 0 Å². The molecule has 2 aromatic rings. The minimum absolute atomic E-state index is 0.0651. The molecule has 232 valence electrons. The number of hydrazine groups is 1. The number of morpholine rings is 1. The number of amides is 1. The lowest BCUT2D eigenvalue weighted by molar-refractivity contribution is -0.274. The van der Waals surface area contributed by atoms with Crippen LogP contribution in [0.4, 0.5) is 37.7 Å². The zero-order valence-corrected chi connectivity index (χ0v) is 23.2. The first-order chi connectivity index (χ1) is 20.2. The molecule has 4 rings (SSSR count). The maximum Gasteiger partial charge on any atom is 0.573 e. The number of ether oxygens (including phenoxy) is 2. The minimum atomic E-state index is -5.01. The Morgan fingerprint density at radius 2 is 1.74 bits per heavy atom. The van der Waals surface area contributed by atoms with Gasteiger partial charge in [0.25, 0.3) is 15.9 Å². The molecule has 17 heteroatoms. The smallest absolute Gasteiger partial charge is 0.406 e. The summed E-state index contributed by atoms with van der Waals surface area (Å²) in [5, 5.41) is 4.25. The summed E-state index contributed by atoms with van der Waals surface area (Å²) in [6.45, 7) is 2.14. The molecule has 2 N–H and O–H groups in total. The number of allylic oxidation sites excluding steroid dienone is 2. The Hall–Kier alpha value is -4.09. The van der Waals surface area contributed by atoms with Gasteiger partial charge in [-0.25, -0.2) is 18.4 Å². The average Bonchev–Trinajstić information content (AvgIpc) is 3.12. The number of hydrogen-bond donors (Lipinski definition) is 2. The van der Waals surface area contributed by atoms with Crippen LogP contribution in [0, 0.1) is 0 Å². The molecular weight excluding hydrogens is 608 g/mol. The summed E-state index contributed by atoms with van der Waals surface area (Å²) in [5.41, 5.74) is 0.961. The van der Waals surface area contributed by atoms with E-state index in [0.29, 0.717) is 26.3 Å². The third kappa shape index (κ3) is 7.85. The van der Waals surface area contributed by atoms with Crippen LogP contribution in [0.15, 0.2) is 76.4 Å². The highest BCUT2D eigenvalue weighted by molar-refractivity contribution is 7.92. The van der Waals surface area contributed by atoms with E-state index in [9.17, 15) is 39.6 Å². The molecule has 2 aromatic carbocycles. The zero-order valence-electron chi connectivity index (χ0n) is 22.4. The van der Waals surface area contributed by atoms with Gasteiger partial charge in [-0.15, -0.1) is 13.2 Å². The van der Waals surface area contributed by atoms with Crippen molar-refractivity contribution in [2.24, 2.45) is 4.99 Å². The number of para-hydroxylation sites is 1. The van der Waals surface area contributed by atoms with E-state index in [1.807, 2.05) is 0 Å². The van der Waals surface area contributed by atoms with Crippen LogP contribution in [0.2, 0.25) is 0 Å². The highest BCUT2D eigenvalue weighted by atomic mass is 32.2. The molecule has 0 spiro atoms. The molecule has 2 aliphatic rings. The number of rotatable bonds is 7. The van der Waals surface area contributed by atoms with E-state index in [2.05, 4.69) is 20.5 Å². The molecule has 0 unspecified atom stereocenters. The van der Waals surface area contributed by atoms with E-state index in [1.165, 1.54) is 25.1 Å². The van der Waals surface area contributed by atoms with Gasteiger partial charge in [0.2, 0.25) is 0 Å². The molecule has 2 heterocycles. The predicted molar refractivity (Wildman–Crippen MR) is 144 cm³/mol. The fraction of sp³-hybridized carbons (Fsp3) is 0.308. The minimum Gasteiger partial charge on any atom is -0.406 e. The highest BCUT2D eigenvalue weighted by Crippen LogP contribution is 2.38. The lowest BCUT2D eigenvalue weighted by atomic mass is 10.1. The fourth-order valence-corrected chi connectivity index (χ4v) is 5.58. The molecule has 0 saturated carbocycles. The number of aliphatic imine (C=N–C) groups is 1. The van der Waals surface area contributed by atoms with Crippen molar-refractivity contribution in [3.8, 4) is 5.75 Å². The van der Waals surface area contributed by atoms with Crippen molar-refractivity contribution in [2.75, 3.05) is 42.5 Å². The number of carbonyl (C=O) groups excluding carboxylic acids is 1. The summed E-state index contributed by atoms with van der Waals surface area (Å²) in [4.78, 5) is 16.6. The Morgan fingerprint density at radius 1 is 1.07 bits per heavy atom. The van der Waals surface area contributed by atoms with E-state index in [-0.39, 0.29) is 22.8 Å². The number of anilines is 2. The summed E-state index contributed by atoms with van der Waals surface area (Å²) >= 11 is 0. The first kappa shape index (κ1) is 31.8. The Balaban J connectivity index is 1.81. The molecule has 0 atom stereocenters. The van der Waals surface area contributed by atoms with Gasteiger partial charge >= 0.3 is 12.5 Å². The molecule has 1 fully saturated rings. The molecular formula is C26H25F6N5O5S. The van der Waals surface area contributed by atoms with Crippen LogP contribution in [-0.2, 0) is 14.8 Å². The van der Waals surface area contributed by atoms with Gasteiger partial charge in [0, 0.05) is 13.1 Å². The van der Waals surface area contributed by atoms with E-state index in [1.54, 1.807) is 5.01 Å². The lowest BCUT2D eigenvalue weighted by Crippen LogP contribution is -2.48. The Labute approximate surface area is 242 Å². The van der Waals surface area contributed by atoms with Crippen LogP contribution in [-0.4, -0.2) is 70.4 Å². The van der Waals surface area contributed by atoms with Crippen molar-refractivity contribution in [3.63, 3.8) is 0 Å². The van der Waals surface area contributed by atoms with Crippen LogP contribution in [0.3, 0.4) is 0 Å². The summed E-state index contributed by atoms with van der Waals surface area (Å²) in [6, 6.07) is 7.43. The summed E-state index contributed by atoms with van der Waals surface area (Å²) in [5.74, 6) is -1.74. The third-order valence-corrected chi connectivity index (χ3v) is 7.79. The first-order valence-electron chi connectivity index (χ1n) is 12.6. The third-order valence-electron chi connectivity index (χ3n) is 6.02. The van der Waals surface area contributed by atoms with Crippen molar-refractivity contribution >= 4 is 33.0 Å². The second kappa shape index (κ2) is 12.6. The molecule has 0 aliphatic carbocycles. The van der Waals surface area contributed by atoms with Gasteiger partial charge in [-0.3, -0.25) is 14.5 Å². The van der Waals surface area contributed by atoms with Gasteiger partial charge in [0.1, 0.15) is 17.3 Å². The Morgan fingerprint density at radius 3 is 2.35 bits per heavy atom. The van der Waals surface area contributed by atoms with E-state index < -0.39 is 51.4 Å². The second-order valence-corrected chi connectivity index (χ2v) is 10.9. The number of alkyl halides is 6. The standard InChI is InChI=1S/C26H25F6N5O5S/c1-2-4-21(25(27,28)29)34-22-11-12-37(43(39,40)18-9-7-17(8-10-18)42-26(30,31)32)23-19(5-3-6-20(23)33-22)24(38)35-36-13-15-41-16-14-36/h2-11,33H,12-16H2,1H3,(H,35,38)/b4-2-,34-21+. The fourth-order valence-electron chi connectivity index (χ4n) is 4.14. The molecule has 10 nitrogen and oxygen atoms in total. The molecule has 1 saturated heterocycles. The highest BCUT2D eigenvalue weighted by Gasteiger charge is 2.36. The van der Waals surface area contributed by atoms with Crippen LogP contribution in [0.1, 0.15) is 17.3 Å². The van der Waals surface area contributed by atoms with E-state index in [0.717, 1.165) is 46.8 Å². The lowest BCUT2D eigenvalue weighted by Gasteiger charge is -2.29. The van der Waals surface area contributed by atoms with Gasteiger partial charge in [0.15, 0.2) is 0 Å². The number of benzene rings is 2. The van der Waals surface area contributed by atoms with Crippen LogP contribution < -0.4 is 19.8 Å². The zero-order chi connectivity index (χ0) is 31.4. The van der Waals surface area contributed by atoms with Gasteiger partial charge in [-0.05, 0) is 55.5 Å². The van der Waals surface area contributed by atoms with Crippen LogP contribution >= 0.6 is 0 Å². The molecule has 0 radical (unpaired) electrons. The summed E-state index contributed by atoms with van der Waals surface area (Å²) < 4.78 is 116. The quantitative estimate of drug-likeness (QED) is 0.339. The maximum absolute atomic E-state index is 13.9. The predicted octanol–water partition coefficient (Wildman–Crippen LogP) is 4.60. The van der Waals surface area contributed by atoms with Crippen molar-refractivity contribution in [3.05, 3.63) is 72.1 Å². The maximum atomic E-state index is 13.9. The molecule has 0 aromatic heterocycles. The van der Waals surface area contributed by atoms with Crippen molar-refractivity contribution < 1.29 is 49.0 Å². The second-order valence-electron chi connectivity index (χ2n) is 9.01. The average molecular weight is 634 g/mol. The van der Waals surface area contributed by atoms with E-state index in [4.69, 9.17) is 4.74 Å². The van der Waals surface area contributed by atoms with Gasteiger partial charge in [-0.2, -0.15) is 13.2 Å². The molecule has 43 heavy (non-hydrogen) atoms. The summed E-state index contributed by atoms with van der Waals surface area (Å²) in [6.07, 6.45) is -6.90. The van der Waals surface area contributed by atoms with Gasteiger partial charge in [0.05, 0.1) is 41.6 Å². The van der Waals surface area contributed by atoms with Crippen molar-refractivity contribution in [1.29, 1.82) is 0 Å². The van der Waals surface area contributed by atoms with Crippen LogP contribution in [0.5, 0.6) is 5.75 Å². The number of sulfonamides is 1. The largest absolute Gasteiger partial charge is 0.573 e. The number of halogens is 6. The van der Waals surface area contributed by atoms with Crippen molar-refractivity contribution in [2.45, 2.75) is 24.4 Å². The molecule has 2 aliphatic heterocycles. The summed E-state index contributed by atoms with van der Waals surface area (Å²) in [7, 11) is -4.63. The topological polar surface area (TPSA) is 113 Å².